The van der Waals surface area contributed by atoms with Gasteiger partial charge in [-0.05, 0) is 40.8 Å². The fourth-order valence-electron chi connectivity index (χ4n) is 3.75. The van der Waals surface area contributed by atoms with E-state index in [1.54, 1.807) is 0 Å². The fourth-order valence-corrected chi connectivity index (χ4v) is 3.75. The van der Waals surface area contributed by atoms with Crippen LogP contribution in [0.2, 0.25) is 0 Å². The van der Waals surface area contributed by atoms with E-state index in [-0.39, 0.29) is 0 Å². The van der Waals surface area contributed by atoms with E-state index in [2.05, 4.69) is 102 Å². The summed E-state index contributed by atoms with van der Waals surface area (Å²) in [5.41, 5.74) is 7.68. The van der Waals surface area contributed by atoms with Gasteiger partial charge in [-0.1, -0.05) is 173 Å². The van der Waals surface area contributed by atoms with Gasteiger partial charge in [-0.3, -0.25) is 0 Å². The van der Waals surface area contributed by atoms with Crippen molar-refractivity contribution in [2.75, 3.05) is 0 Å². The van der Waals surface area contributed by atoms with Crippen molar-refractivity contribution < 1.29 is 4.42 Å². The Bertz CT molecular complexity index is 1160. The molecule has 0 N–H and O–H groups in total. The van der Waals surface area contributed by atoms with Gasteiger partial charge in [0.05, 0.1) is 0 Å². The maximum atomic E-state index is 5.65. The molecule has 0 fully saturated rings. The minimum Gasteiger partial charge on any atom is -0.456 e. The Morgan fingerprint density at radius 1 is 0.436 bits per heavy atom. The highest BCUT2D eigenvalue weighted by atomic mass is 16.3. The zero-order chi connectivity index (χ0) is 29.5. The molecule has 0 unspecified atom stereocenters. The second-order valence-electron chi connectivity index (χ2n) is 8.71. The van der Waals surface area contributed by atoms with Gasteiger partial charge in [-0.25, -0.2) is 0 Å². The van der Waals surface area contributed by atoms with E-state index in [4.69, 9.17) is 4.42 Å². The summed E-state index contributed by atoms with van der Waals surface area (Å²) in [6.07, 6.45) is 4.85. The zero-order valence-corrected chi connectivity index (χ0v) is 26.5. The molecular formula is C38H54O. The molecule has 5 aromatic rings. The first-order valence-electron chi connectivity index (χ1n) is 15.2. The van der Waals surface area contributed by atoms with Crippen LogP contribution < -0.4 is 0 Å². The van der Waals surface area contributed by atoms with Gasteiger partial charge in [0, 0.05) is 10.8 Å². The summed E-state index contributed by atoms with van der Waals surface area (Å²) in [6, 6.07) is 33.5. The van der Waals surface area contributed by atoms with Crippen molar-refractivity contribution in [2.45, 2.75) is 94.9 Å². The first kappa shape index (κ1) is 35.7. The number of fused-ring (bicyclic) bond motifs is 6. The van der Waals surface area contributed by atoms with Gasteiger partial charge in [-0.2, -0.15) is 0 Å². The van der Waals surface area contributed by atoms with E-state index in [9.17, 15) is 0 Å². The molecular weight excluding hydrogens is 472 g/mol. The molecule has 1 heteroatoms. The fraction of sp³-hybridized carbons (Fsp3) is 0.368. The van der Waals surface area contributed by atoms with Crippen molar-refractivity contribution in [3.8, 4) is 11.1 Å². The molecule has 1 heterocycles. The van der Waals surface area contributed by atoms with Gasteiger partial charge in [-0.15, -0.1) is 0 Å². The lowest BCUT2D eigenvalue weighted by molar-refractivity contribution is 0.669. The van der Waals surface area contributed by atoms with Gasteiger partial charge in [0.15, 0.2) is 0 Å². The first-order valence-corrected chi connectivity index (χ1v) is 15.2. The Labute approximate surface area is 240 Å². The Morgan fingerprint density at radius 2 is 0.718 bits per heavy atom. The molecule has 39 heavy (non-hydrogen) atoms. The molecule has 0 spiro atoms. The second-order valence-corrected chi connectivity index (χ2v) is 8.71. The highest BCUT2D eigenvalue weighted by Crippen LogP contribution is 2.35. The highest BCUT2D eigenvalue weighted by Gasteiger charge is 2.15. The van der Waals surface area contributed by atoms with Gasteiger partial charge in [0.2, 0.25) is 0 Å². The standard InChI is InChI=1S/C13H10.C12H8O.3C3H8.2C2H6/c1-3-7-12-10(5-1)9-11-6-2-4-8-13(11)12;1-3-7-11-9(5-1)10-6-2-4-8-12(10)13-11;3*1-3-2;2*1-2/h1-8H,9H2;1-8H;3*3H2,1-2H3;2*1-2H3. The zero-order valence-electron chi connectivity index (χ0n) is 26.5. The molecule has 0 saturated carbocycles. The maximum absolute atomic E-state index is 5.65. The van der Waals surface area contributed by atoms with Crippen molar-refractivity contribution in [2.24, 2.45) is 0 Å². The monoisotopic (exact) mass is 526 g/mol. The number of hydrogen-bond acceptors (Lipinski definition) is 1. The molecule has 0 bridgehead atoms. The minimum absolute atomic E-state index is 0.962. The van der Waals surface area contributed by atoms with Gasteiger partial charge in [0.1, 0.15) is 11.2 Å². The SMILES string of the molecule is CC.CC.CCC.CCC.CCC.c1ccc2c(c1)Cc1ccccc1-2.c1ccc2c(c1)oc1ccccc12. The number of benzene rings is 4. The van der Waals surface area contributed by atoms with E-state index in [0.717, 1.165) is 17.6 Å². The first-order chi connectivity index (χ1) is 19.1. The number of rotatable bonds is 0. The maximum Gasteiger partial charge on any atom is 0.135 e. The topological polar surface area (TPSA) is 13.1 Å². The molecule has 4 aromatic carbocycles. The van der Waals surface area contributed by atoms with Crippen LogP contribution in [-0.2, 0) is 6.42 Å². The van der Waals surface area contributed by atoms with Gasteiger partial charge < -0.3 is 4.42 Å². The molecule has 6 rings (SSSR count). The van der Waals surface area contributed by atoms with E-state index in [0.29, 0.717) is 0 Å². The minimum atomic E-state index is 0.962. The molecule has 1 aliphatic carbocycles. The molecule has 1 aromatic heterocycles. The molecule has 0 saturated heterocycles. The number of furan rings is 1. The molecule has 0 amide bonds. The Morgan fingerprint density at radius 3 is 1.08 bits per heavy atom. The van der Waals surface area contributed by atoms with Crippen molar-refractivity contribution in [3.05, 3.63) is 108 Å². The summed E-state index contributed by atoms with van der Waals surface area (Å²) in [4.78, 5) is 0. The largest absolute Gasteiger partial charge is 0.456 e. The van der Waals surface area contributed by atoms with E-state index in [1.807, 2.05) is 64.1 Å². The van der Waals surface area contributed by atoms with Crippen LogP contribution in [-0.4, -0.2) is 0 Å². The molecule has 212 valence electrons. The molecule has 0 aliphatic heterocycles. The number of hydrogen-bond donors (Lipinski definition) is 0. The van der Waals surface area contributed by atoms with Crippen molar-refractivity contribution >= 4 is 21.9 Å². The molecule has 1 nitrogen and oxygen atoms in total. The van der Waals surface area contributed by atoms with E-state index < -0.39 is 0 Å². The van der Waals surface area contributed by atoms with Crippen LogP contribution in [0.4, 0.5) is 0 Å². The molecule has 0 atom stereocenters. The van der Waals surface area contributed by atoms with Gasteiger partial charge >= 0.3 is 0 Å². The average Bonchev–Trinajstić information content (AvgIpc) is 3.55. The summed E-state index contributed by atoms with van der Waals surface area (Å²) in [6.45, 7) is 20.8. The summed E-state index contributed by atoms with van der Waals surface area (Å²) in [5, 5.41) is 2.39. The summed E-state index contributed by atoms with van der Waals surface area (Å²) >= 11 is 0. The van der Waals surface area contributed by atoms with Crippen molar-refractivity contribution in [1.29, 1.82) is 0 Å². The Hall–Kier alpha value is -3.32. The van der Waals surface area contributed by atoms with Crippen LogP contribution in [0.3, 0.4) is 0 Å². The third kappa shape index (κ3) is 11.5. The summed E-state index contributed by atoms with van der Waals surface area (Å²) in [7, 11) is 0. The number of para-hydroxylation sites is 2. The summed E-state index contributed by atoms with van der Waals surface area (Å²) in [5.74, 6) is 0. The smallest absolute Gasteiger partial charge is 0.135 e. The van der Waals surface area contributed by atoms with E-state index >= 15 is 0 Å². The lowest BCUT2D eigenvalue weighted by Gasteiger charge is -1.98. The third-order valence-electron chi connectivity index (χ3n) is 4.99. The Balaban J connectivity index is 0.000000522. The molecule has 1 aliphatic rings. The lowest BCUT2D eigenvalue weighted by atomic mass is 10.1. The van der Waals surface area contributed by atoms with Crippen LogP contribution in [0.1, 0.15) is 99.6 Å². The predicted octanol–water partition coefficient (Wildman–Crippen LogP) is 13.1. The highest BCUT2D eigenvalue weighted by molar-refractivity contribution is 6.04. The quantitative estimate of drug-likeness (QED) is 0.192. The van der Waals surface area contributed by atoms with Crippen LogP contribution in [0.5, 0.6) is 0 Å². The predicted molar refractivity (Wildman–Crippen MR) is 179 cm³/mol. The van der Waals surface area contributed by atoms with Crippen molar-refractivity contribution in [3.63, 3.8) is 0 Å². The van der Waals surface area contributed by atoms with Crippen LogP contribution in [0, 0.1) is 0 Å². The van der Waals surface area contributed by atoms with Crippen LogP contribution in [0.15, 0.2) is 101 Å². The van der Waals surface area contributed by atoms with Crippen LogP contribution in [0.25, 0.3) is 33.1 Å². The van der Waals surface area contributed by atoms with Crippen LogP contribution >= 0.6 is 0 Å². The summed E-state index contributed by atoms with van der Waals surface area (Å²) < 4.78 is 5.65. The van der Waals surface area contributed by atoms with Crippen molar-refractivity contribution in [1.82, 2.24) is 0 Å². The molecule has 0 radical (unpaired) electrons. The third-order valence-corrected chi connectivity index (χ3v) is 4.99. The van der Waals surface area contributed by atoms with E-state index in [1.165, 1.54) is 52.3 Å². The lowest BCUT2D eigenvalue weighted by Crippen LogP contribution is -1.77. The van der Waals surface area contributed by atoms with Gasteiger partial charge in [0.25, 0.3) is 0 Å². The second kappa shape index (κ2) is 22.6. The normalized spacial score (nSPS) is 9.49. The average molecular weight is 527 g/mol. The Kier molecular flexibility index (Phi) is 20.7.